The summed E-state index contributed by atoms with van der Waals surface area (Å²) in [5.74, 6) is -0.864. The third kappa shape index (κ3) is 2.87. The second-order valence-corrected chi connectivity index (χ2v) is 3.29. The van der Waals surface area contributed by atoms with E-state index in [1.165, 1.54) is 6.07 Å². The van der Waals surface area contributed by atoms with Gasteiger partial charge in [0.15, 0.2) is 0 Å². The molecular weight excluding hydrogens is 257 g/mol. The Labute approximate surface area is 88.6 Å². The van der Waals surface area contributed by atoms with Crippen LogP contribution in [0.1, 0.15) is 17.6 Å². The van der Waals surface area contributed by atoms with Crippen molar-refractivity contribution >= 4 is 22.0 Å². The third-order valence-electron chi connectivity index (χ3n) is 1.66. The normalized spacial score (nSPS) is 11.5. The molecule has 14 heavy (non-hydrogen) atoms. The lowest BCUT2D eigenvalue weighted by Crippen LogP contribution is -1.90. The van der Waals surface area contributed by atoms with Crippen molar-refractivity contribution in [2.75, 3.05) is 5.33 Å². The van der Waals surface area contributed by atoms with E-state index in [9.17, 15) is 13.2 Å². The highest BCUT2D eigenvalue weighted by Crippen LogP contribution is 2.22. The molecule has 0 radical (unpaired) electrons. The van der Waals surface area contributed by atoms with E-state index < -0.39 is 17.8 Å². The van der Waals surface area contributed by atoms with Crippen molar-refractivity contribution < 1.29 is 13.2 Å². The summed E-state index contributed by atoms with van der Waals surface area (Å²) in [4.78, 5) is 0. The lowest BCUT2D eigenvalue weighted by Gasteiger charge is -2.02. The van der Waals surface area contributed by atoms with Gasteiger partial charge in [0.1, 0.15) is 5.82 Å². The van der Waals surface area contributed by atoms with Gasteiger partial charge in [-0.05, 0) is 17.7 Å². The number of rotatable bonds is 3. The molecule has 4 heteroatoms. The average Bonchev–Trinajstić information content (AvgIpc) is 2.14. The Balaban J connectivity index is 2.94. The molecular formula is C10H8BrF3. The highest BCUT2D eigenvalue weighted by atomic mass is 79.9. The molecule has 1 aromatic carbocycles. The van der Waals surface area contributed by atoms with Crippen LogP contribution in [0, 0.1) is 5.82 Å². The maximum atomic E-state index is 13.0. The molecule has 0 aromatic heterocycles. The standard InChI is InChI=1S/C10H8BrF3/c11-5-1-2-7-3-4-8(10(13)14)9(12)6-7/h1-4,6,10H,5H2. The van der Waals surface area contributed by atoms with E-state index in [4.69, 9.17) is 0 Å². The topological polar surface area (TPSA) is 0 Å². The molecule has 0 aliphatic carbocycles. The van der Waals surface area contributed by atoms with Gasteiger partial charge in [-0.25, -0.2) is 13.2 Å². The highest BCUT2D eigenvalue weighted by molar-refractivity contribution is 9.09. The Morgan fingerprint density at radius 1 is 1.36 bits per heavy atom. The van der Waals surface area contributed by atoms with E-state index in [2.05, 4.69) is 15.9 Å². The van der Waals surface area contributed by atoms with Crippen molar-refractivity contribution in [3.8, 4) is 0 Å². The summed E-state index contributed by atoms with van der Waals surface area (Å²) >= 11 is 3.16. The summed E-state index contributed by atoms with van der Waals surface area (Å²) in [6.07, 6.45) is 0.661. The SMILES string of the molecule is Fc1cc(C=CCBr)ccc1C(F)F. The van der Waals surface area contributed by atoms with E-state index in [-0.39, 0.29) is 0 Å². The van der Waals surface area contributed by atoms with E-state index in [1.54, 1.807) is 12.2 Å². The molecule has 0 spiro atoms. The van der Waals surface area contributed by atoms with Crippen LogP contribution in [-0.4, -0.2) is 5.33 Å². The van der Waals surface area contributed by atoms with Crippen molar-refractivity contribution in [2.45, 2.75) is 6.43 Å². The minimum atomic E-state index is -2.76. The molecule has 0 aliphatic heterocycles. The first-order valence-electron chi connectivity index (χ1n) is 3.95. The molecule has 0 amide bonds. The Bertz CT molecular complexity index is 334. The third-order valence-corrected chi connectivity index (χ3v) is 2.03. The Morgan fingerprint density at radius 3 is 2.57 bits per heavy atom. The maximum absolute atomic E-state index is 13.0. The summed E-state index contributed by atoms with van der Waals surface area (Å²) in [5, 5.41) is 0.644. The van der Waals surface area contributed by atoms with Crippen LogP contribution in [0.3, 0.4) is 0 Å². The molecule has 0 saturated heterocycles. The average molecular weight is 265 g/mol. The minimum Gasteiger partial charge on any atom is -0.206 e. The maximum Gasteiger partial charge on any atom is 0.266 e. The van der Waals surface area contributed by atoms with Crippen LogP contribution in [0.2, 0.25) is 0 Å². The smallest absolute Gasteiger partial charge is 0.206 e. The second-order valence-electron chi connectivity index (χ2n) is 2.64. The molecule has 0 nitrogen and oxygen atoms in total. The fourth-order valence-electron chi connectivity index (χ4n) is 1.00. The van der Waals surface area contributed by atoms with Gasteiger partial charge in [-0.3, -0.25) is 0 Å². The molecule has 0 fully saturated rings. The van der Waals surface area contributed by atoms with E-state index in [0.29, 0.717) is 10.9 Å². The fraction of sp³-hybridized carbons (Fsp3) is 0.200. The molecule has 1 rings (SSSR count). The number of hydrogen-bond donors (Lipinski definition) is 0. The molecule has 0 atom stereocenters. The van der Waals surface area contributed by atoms with Crippen LogP contribution in [-0.2, 0) is 0 Å². The van der Waals surface area contributed by atoms with Crippen molar-refractivity contribution in [3.63, 3.8) is 0 Å². The molecule has 0 N–H and O–H groups in total. The number of benzene rings is 1. The Morgan fingerprint density at radius 2 is 2.07 bits per heavy atom. The van der Waals surface area contributed by atoms with Gasteiger partial charge in [0.25, 0.3) is 6.43 Å². The molecule has 0 saturated carbocycles. The molecule has 0 heterocycles. The zero-order valence-corrected chi connectivity index (χ0v) is 8.77. The van der Waals surface area contributed by atoms with Crippen LogP contribution < -0.4 is 0 Å². The summed E-state index contributed by atoms with van der Waals surface area (Å²) in [6, 6.07) is 3.66. The number of hydrogen-bond acceptors (Lipinski definition) is 0. The lowest BCUT2D eigenvalue weighted by molar-refractivity contribution is 0.146. The van der Waals surface area contributed by atoms with Crippen LogP contribution >= 0.6 is 15.9 Å². The van der Waals surface area contributed by atoms with Crippen LogP contribution in [0.15, 0.2) is 24.3 Å². The van der Waals surface area contributed by atoms with Crippen molar-refractivity contribution in [1.82, 2.24) is 0 Å². The van der Waals surface area contributed by atoms with Gasteiger partial charge in [0.2, 0.25) is 0 Å². The van der Waals surface area contributed by atoms with Crippen molar-refractivity contribution in [3.05, 3.63) is 41.2 Å². The van der Waals surface area contributed by atoms with Crippen molar-refractivity contribution in [2.24, 2.45) is 0 Å². The van der Waals surface area contributed by atoms with E-state index in [0.717, 1.165) is 12.1 Å². The number of halogens is 4. The molecule has 0 unspecified atom stereocenters. The Kier molecular flexibility index (Phi) is 4.20. The fourth-order valence-corrected chi connectivity index (χ4v) is 1.19. The second kappa shape index (κ2) is 5.20. The number of allylic oxidation sites excluding steroid dienone is 1. The minimum absolute atomic E-state index is 0.555. The van der Waals surface area contributed by atoms with Gasteiger partial charge >= 0.3 is 0 Å². The van der Waals surface area contributed by atoms with Crippen molar-refractivity contribution in [1.29, 1.82) is 0 Å². The first-order valence-corrected chi connectivity index (χ1v) is 5.07. The van der Waals surface area contributed by atoms with E-state index >= 15 is 0 Å². The summed E-state index contributed by atoms with van der Waals surface area (Å²) in [5.41, 5.74) is 0.0207. The summed E-state index contributed by atoms with van der Waals surface area (Å²) < 4.78 is 37.3. The van der Waals surface area contributed by atoms with Gasteiger partial charge < -0.3 is 0 Å². The highest BCUT2D eigenvalue weighted by Gasteiger charge is 2.12. The summed E-state index contributed by atoms with van der Waals surface area (Å²) in [7, 11) is 0. The van der Waals surface area contributed by atoms with Gasteiger partial charge in [-0.2, -0.15) is 0 Å². The van der Waals surface area contributed by atoms with Gasteiger partial charge in [0.05, 0.1) is 5.56 Å². The first kappa shape index (κ1) is 11.3. The predicted octanol–water partition coefficient (Wildman–Crippen LogP) is 4.17. The number of alkyl halides is 3. The van der Waals surface area contributed by atoms with Gasteiger partial charge in [0, 0.05) is 5.33 Å². The van der Waals surface area contributed by atoms with Crippen LogP contribution in [0.25, 0.3) is 6.08 Å². The zero-order valence-electron chi connectivity index (χ0n) is 7.18. The van der Waals surface area contributed by atoms with Crippen LogP contribution in [0.4, 0.5) is 13.2 Å². The zero-order chi connectivity index (χ0) is 10.6. The van der Waals surface area contributed by atoms with Gasteiger partial charge in [-0.1, -0.05) is 34.1 Å². The largest absolute Gasteiger partial charge is 0.266 e. The quantitative estimate of drug-likeness (QED) is 0.719. The van der Waals surface area contributed by atoms with Gasteiger partial charge in [-0.15, -0.1) is 0 Å². The van der Waals surface area contributed by atoms with Crippen LogP contribution in [0.5, 0.6) is 0 Å². The molecule has 0 aliphatic rings. The first-order chi connectivity index (χ1) is 6.65. The Hall–Kier alpha value is -0.770. The summed E-state index contributed by atoms with van der Waals surface area (Å²) in [6.45, 7) is 0. The monoisotopic (exact) mass is 264 g/mol. The lowest BCUT2D eigenvalue weighted by atomic mass is 10.1. The van der Waals surface area contributed by atoms with E-state index in [1.807, 2.05) is 0 Å². The predicted molar refractivity (Wildman–Crippen MR) is 54.2 cm³/mol. The molecule has 76 valence electrons. The molecule has 0 bridgehead atoms. The molecule has 1 aromatic rings.